The summed E-state index contributed by atoms with van der Waals surface area (Å²) in [6, 6.07) is 11.2. The molecule has 0 spiro atoms. The van der Waals surface area contributed by atoms with Gasteiger partial charge in [0.05, 0.1) is 42.2 Å². The van der Waals surface area contributed by atoms with Crippen LogP contribution in [0.25, 0.3) is 6.08 Å². The van der Waals surface area contributed by atoms with Crippen molar-refractivity contribution in [3.63, 3.8) is 0 Å². The second-order valence-electron chi connectivity index (χ2n) is 9.76. The smallest absolute Gasteiger partial charge is 0.338 e. The summed E-state index contributed by atoms with van der Waals surface area (Å²) in [5.41, 5.74) is 4.39. The fraction of sp³-hybridized carbons (Fsp3) is 0.344. The first-order valence-electron chi connectivity index (χ1n) is 13.5. The molecule has 2 aromatic carbocycles. The fourth-order valence-corrected chi connectivity index (χ4v) is 5.94. The van der Waals surface area contributed by atoms with Crippen LogP contribution >= 0.6 is 11.3 Å². The lowest BCUT2D eigenvalue weighted by Crippen LogP contribution is -2.39. The second-order valence-corrected chi connectivity index (χ2v) is 10.8. The molecular weight excluding hydrogens is 524 g/mol. The van der Waals surface area contributed by atoms with Gasteiger partial charge in [-0.15, -0.1) is 6.58 Å². The summed E-state index contributed by atoms with van der Waals surface area (Å²) in [5, 5.41) is 0. The van der Waals surface area contributed by atoms with Gasteiger partial charge in [-0.25, -0.2) is 9.79 Å². The van der Waals surface area contributed by atoms with Gasteiger partial charge in [0, 0.05) is 5.56 Å². The molecule has 0 N–H and O–H groups in total. The van der Waals surface area contributed by atoms with Gasteiger partial charge in [-0.3, -0.25) is 9.36 Å². The van der Waals surface area contributed by atoms with Crippen molar-refractivity contribution in [3.8, 4) is 11.5 Å². The minimum atomic E-state index is -0.648. The average Bonchev–Trinajstić information content (AvgIpc) is 3.22. The summed E-state index contributed by atoms with van der Waals surface area (Å²) in [6.07, 6.45) is 4.22. The van der Waals surface area contributed by atoms with Gasteiger partial charge in [-0.05, 0) is 68.0 Å². The van der Waals surface area contributed by atoms with E-state index in [0.29, 0.717) is 51.0 Å². The van der Waals surface area contributed by atoms with Gasteiger partial charge in [0.15, 0.2) is 16.3 Å². The molecule has 210 valence electrons. The maximum Gasteiger partial charge on any atom is 0.338 e. The third-order valence-electron chi connectivity index (χ3n) is 6.76. The van der Waals surface area contributed by atoms with Crippen LogP contribution in [-0.2, 0) is 16.0 Å². The van der Waals surface area contributed by atoms with E-state index >= 15 is 0 Å². The Morgan fingerprint density at radius 3 is 2.50 bits per heavy atom. The lowest BCUT2D eigenvalue weighted by atomic mass is 9.93. The molecule has 1 aliphatic heterocycles. The molecule has 2 heterocycles. The highest BCUT2D eigenvalue weighted by atomic mass is 32.1. The van der Waals surface area contributed by atoms with Crippen molar-refractivity contribution in [3.05, 3.63) is 102 Å². The molecule has 40 heavy (non-hydrogen) atoms. The fourth-order valence-electron chi connectivity index (χ4n) is 4.89. The van der Waals surface area contributed by atoms with Crippen LogP contribution in [0.2, 0.25) is 0 Å². The largest absolute Gasteiger partial charge is 0.493 e. The van der Waals surface area contributed by atoms with E-state index in [9.17, 15) is 9.59 Å². The van der Waals surface area contributed by atoms with Crippen molar-refractivity contribution in [1.29, 1.82) is 0 Å². The molecule has 0 bridgehead atoms. The summed E-state index contributed by atoms with van der Waals surface area (Å²) in [6.45, 7) is 14.3. The van der Waals surface area contributed by atoms with Crippen molar-refractivity contribution < 1.29 is 19.0 Å². The first kappa shape index (κ1) is 29.1. The molecule has 1 unspecified atom stereocenters. The van der Waals surface area contributed by atoms with Gasteiger partial charge in [0.2, 0.25) is 0 Å². The van der Waals surface area contributed by atoms with E-state index in [2.05, 4.69) is 25.4 Å². The molecule has 8 heteroatoms. The Bertz CT molecular complexity index is 1630. The lowest BCUT2D eigenvalue weighted by molar-refractivity contribution is -0.139. The van der Waals surface area contributed by atoms with E-state index < -0.39 is 12.0 Å². The zero-order valence-corrected chi connectivity index (χ0v) is 24.8. The molecule has 1 atom stereocenters. The lowest BCUT2D eigenvalue weighted by Gasteiger charge is -2.25. The molecule has 0 fully saturated rings. The number of hydrogen-bond acceptors (Lipinski definition) is 7. The van der Waals surface area contributed by atoms with E-state index in [1.807, 2.05) is 49.4 Å². The minimum absolute atomic E-state index is 0.227. The Morgan fingerprint density at radius 1 is 1.18 bits per heavy atom. The van der Waals surface area contributed by atoms with Gasteiger partial charge in [-0.1, -0.05) is 55.5 Å². The first-order chi connectivity index (χ1) is 19.2. The predicted octanol–water partition coefficient (Wildman–Crippen LogP) is 5.06. The van der Waals surface area contributed by atoms with Crippen LogP contribution in [0.5, 0.6) is 11.5 Å². The van der Waals surface area contributed by atoms with Crippen LogP contribution < -0.4 is 24.4 Å². The Labute approximate surface area is 238 Å². The minimum Gasteiger partial charge on any atom is -0.493 e. The van der Waals surface area contributed by atoms with Crippen molar-refractivity contribution in [2.45, 2.75) is 53.0 Å². The van der Waals surface area contributed by atoms with Crippen LogP contribution in [0.4, 0.5) is 0 Å². The number of hydrogen-bond donors (Lipinski definition) is 0. The number of nitrogens with zero attached hydrogens (tertiary/aromatic N) is 2. The van der Waals surface area contributed by atoms with E-state index in [4.69, 9.17) is 14.2 Å². The maximum atomic E-state index is 14.0. The van der Waals surface area contributed by atoms with Gasteiger partial charge < -0.3 is 14.2 Å². The molecule has 1 aromatic heterocycles. The van der Waals surface area contributed by atoms with Crippen LogP contribution in [0.1, 0.15) is 68.8 Å². The van der Waals surface area contributed by atoms with Gasteiger partial charge >= 0.3 is 5.97 Å². The topological polar surface area (TPSA) is 79.1 Å². The maximum absolute atomic E-state index is 14.0. The third-order valence-corrected chi connectivity index (χ3v) is 7.74. The van der Waals surface area contributed by atoms with Gasteiger partial charge in [0.25, 0.3) is 5.56 Å². The van der Waals surface area contributed by atoms with E-state index in [0.717, 1.165) is 16.7 Å². The molecule has 0 radical (unpaired) electrons. The highest BCUT2D eigenvalue weighted by Crippen LogP contribution is 2.34. The summed E-state index contributed by atoms with van der Waals surface area (Å²) in [7, 11) is 1.61. The predicted molar refractivity (Wildman–Crippen MR) is 159 cm³/mol. The van der Waals surface area contributed by atoms with Crippen molar-refractivity contribution in [2.75, 3.05) is 20.3 Å². The summed E-state index contributed by atoms with van der Waals surface area (Å²) < 4.78 is 19.0. The molecule has 0 amide bonds. The number of carbonyl (C=O) groups excluding carboxylic acids is 1. The van der Waals surface area contributed by atoms with E-state index in [-0.39, 0.29) is 12.2 Å². The molecule has 0 saturated heterocycles. The Kier molecular flexibility index (Phi) is 9.10. The molecule has 7 nitrogen and oxygen atoms in total. The zero-order chi connectivity index (χ0) is 29.0. The number of methoxy groups -OCH3 is 1. The summed E-state index contributed by atoms with van der Waals surface area (Å²) >= 11 is 1.29. The molecule has 0 aliphatic carbocycles. The second kappa shape index (κ2) is 12.5. The highest BCUT2D eigenvalue weighted by molar-refractivity contribution is 7.07. The van der Waals surface area contributed by atoms with E-state index in [1.54, 1.807) is 31.6 Å². The quantitative estimate of drug-likeness (QED) is 0.256. The monoisotopic (exact) mass is 560 g/mol. The van der Waals surface area contributed by atoms with Gasteiger partial charge in [0.1, 0.15) is 0 Å². The highest BCUT2D eigenvalue weighted by Gasteiger charge is 2.33. The summed E-state index contributed by atoms with van der Waals surface area (Å²) in [4.78, 5) is 32.4. The number of allylic oxidation sites excluding steroid dienone is 2. The van der Waals surface area contributed by atoms with Crippen LogP contribution in [-0.4, -0.2) is 30.9 Å². The Hall–Kier alpha value is -3.91. The number of benzene rings is 2. The molecular formula is C32H36N2O5S. The third kappa shape index (κ3) is 5.68. The number of aromatic nitrogens is 1. The van der Waals surface area contributed by atoms with Crippen LogP contribution in [0.3, 0.4) is 0 Å². The number of ether oxygens (including phenoxy) is 3. The normalized spacial score (nSPS) is 15.1. The molecule has 3 aromatic rings. The van der Waals surface area contributed by atoms with Crippen LogP contribution in [0.15, 0.2) is 70.1 Å². The number of rotatable bonds is 10. The first-order valence-corrected chi connectivity index (χ1v) is 14.3. The molecule has 1 aliphatic rings. The Balaban J connectivity index is 1.93. The number of esters is 1. The summed E-state index contributed by atoms with van der Waals surface area (Å²) in [5.74, 6) is 1.14. The van der Waals surface area contributed by atoms with E-state index in [1.165, 1.54) is 16.9 Å². The zero-order valence-electron chi connectivity index (χ0n) is 23.9. The van der Waals surface area contributed by atoms with Crippen molar-refractivity contribution >= 4 is 23.4 Å². The van der Waals surface area contributed by atoms with Crippen LogP contribution in [0, 0.1) is 0 Å². The number of carbonyl (C=O) groups is 1. The SMILES string of the molecule is C=CCc1cc(/C=c2\sc3n(c2=O)C(c2ccc(C(C)C)cc2)C(C(=O)OCC)=C(C)N=3)cc(OCC)c1OC. The van der Waals surface area contributed by atoms with Crippen molar-refractivity contribution in [1.82, 2.24) is 4.57 Å². The van der Waals surface area contributed by atoms with Gasteiger partial charge in [-0.2, -0.15) is 0 Å². The number of thiazole rings is 1. The molecule has 4 rings (SSSR count). The standard InChI is InChI=1S/C32H36N2O5S/c1-8-11-24-16-21(17-25(38-9-2)29(24)37-7)18-26-30(35)34-28(23-14-12-22(13-15-23)19(4)5)27(31(36)39-10-3)20(6)33-32(34)40-26/h8,12-19,28H,1,9-11H2,2-7H3/b26-18-. The molecule has 0 saturated carbocycles. The average molecular weight is 561 g/mol. The van der Waals surface area contributed by atoms with Crippen molar-refractivity contribution in [2.24, 2.45) is 4.99 Å². The Morgan fingerprint density at radius 2 is 1.90 bits per heavy atom. The number of fused-ring (bicyclic) bond motifs is 1.